The van der Waals surface area contributed by atoms with Crippen molar-refractivity contribution in [2.45, 2.75) is 0 Å². The molecule has 5 nitrogen and oxygen atoms in total. The van der Waals surface area contributed by atoms with Gasteiger partial charge in [-0.3, -0.25) is 0 Å². The van der Waals surface area contributed by atoms with Crippen molar-refractivity contribution in [3.8, 4) is 0 Å². The van der Waals surface area contributed by atoms with E-state index < -0.39 is 10.4 Å². The third-order valence-electron chi connectivity index (χ3n) is 0.0833. The Morgan fingerprint density at radius 1 is 1.43 bits per heavy atom. The first-order valence-electron chi connectivity index (χ1n) is 0.833. The second-order valence-corrected chi connectivity index (χ2v) is 1.43. The summed E-state index contributed by atoms with van der Waals surface area (Å²) < 4.78 is 28.8. The van der Waals surface area contributed by atoms with Gasteiger partial charge < -0.3 is 14.1 Å². The minimum absolute atomic E-state index is 0. The molecule has 0 aromatic rings. The van der Waals surface area contributed by atoms with Crippen molar-refractivity contribution in [2.24, 2.45) is 0 Å². The maximum atomic E-state index is 8.91. The maximum absolute atomic E-state index is 8.91. The third kappa shape index (κ3) is 10.7. The monoisotopic (exact) mass is 121 g/mol. The Balaban J connectivity index is 0. The maximum Gasteiger partial charge on any atom is 2.00 e. The molecule has 0 bridgehead atoms. The molecule has 7 heavy (non-hydrogen) atoms. The van der Waals surface area contributed by atoms with E-state index in [0.717, 1.165) is 0 Å². The van der Waals surface area contributed by atoms with Crippen molar-refractivity contribution in [1.82, 2.24) is 0 Å². The predicted octanol–water partition coefficient (Wildman–Crippen LogP) is -2.64. The second kappa shape index (κ2) is 3.06. The van der Waals surface area contributed by atoms with Crippen LogP contribution in [0.25, 0.3) is 0 Å². The zero-order valence-electron chi connectivity index (χ0n) is 3.16. The molecule has 0 aliphatic carbocycles. The molecule has 7 heteroatoms. The summed E-state index contributed by atoms with van der Waals surface area (Å²) >= 11 is 0. The average Bonchev–Trinajstić information content (AvgIpc) is 1.35. The topological polar surface area (TPSA) is 89.5 Å². The van der Waals surface area contributed by atoms with Crippen LogP contribution in [0.1, 0.15) is 0 Å². The van der Waals surface area contributed by atoms with Crippen molar-refractivity contribution >= 4 is 20.5 Å². The summed E-state index contributed by atoms with van der Waals surface area (Å²) in [5.74, 6) is 0. The quantitative estimate of drug-likeness (QED) is 0.124. The van der Waals surface area contributed by atoms with Crippen LogP contribution in [-0.4, -0.2) is 23.1 Å². The first-order chi connectivity index (χ1) is 2.56. The van der Waals surface area contributed by atoms with Crippen LogP contribution in [-0.2, 0) is 14.7 Å². The van der Waals surface area contributed by atoms with Crippen LogP contribution in [0.2, 0.25) is 0 Å². The van der Waals surface area contributed by atoms with Gasteiger partial charge in [0.05, 0.1) is 0 Å². The van der Waals surface area contributed by atoms with Crippen LogP contribution in [0.3, 0.4) is 0 Å². The van der Waals surface area contributed by atoms with Gasteiger partial charge >= 0.3 is 10.1 Å². The Labute approximate surface area is 44.0 Å². The summed E-state index contributed by atoms with van der Waals surface area (Å²) in [5.41, 5.74) is 0. The molecular weight excluding hydrogens is 121 g/mol. The van der Waals surface area contributed by atoms with Crippen molar-refractivity contribution < 1.29 is 22.6 Å². The summed E-state index contributed by atoms with van der Waals surface area (Å²) in [6.07, 6.45) is 0. The van der Waals surface area contributed by atoms with E-state index >= 15 is 0 Å². The summed E-state index contributed by atoms with van der Waals surface area (Å²) in [5, 5.41) is 8.55. The van der Waals surface area contributed by atoms with Crippen LogP contribution in [0.15, 0.2) is 0 Å². The Bertz CT molecular complexity index is 110. The van der Waals surface area contributed by atoms with E-state index in [1.165, 1.54) is 0 Å². The fourth-order valence-electron chi connectivity index (χ4n) is 0. The van der Waals surface area contributed by atoms with Gasteiger partial charge in [0.15, 0.2) is 0 Å². The molecule has 0 radical (unpaired) electrons. The van der Waals surface area contributed by atoms with E-state index in [2.05, 4.69) is 4.33 Å². The molecule has 38 valence electrons. The smallest absolute Gasteiger partial charge is 0.726 e. The molecule has 0 N–H and O–H groups in total. The molecule has 0 saturated heterocycles. The molecule has 0 aromatic carbocycles. The van der Waals surface area contributed by atoms with Gasteiger partial charge in [-0.1, -0.05) is 0 Å². The fraction of sp³-hybridized carbons (Fsp3) is 0. The first-order valence-corrected chi connectivity index (χ1v) is 2.17. The normalized spacial score (nSPS) is 10.0. The Hall–Kier alpha value is -0.00117. The molecule has 0 atom stereocenters. The van der Waals surface area contributed by atoms with Gasteiger partial charge in [0.2, 0.25) is 10.4 Å². The van der Waals surface area contributed by atoms with Crippen LogP contribution in [0, 0.1) is 0 Å². The minimum Gasteiger partial charge on any atom is -0.726 e. The van der Waals surface area contributed by atoms with Gasteiger partial charge in [0.1, 0.15) is 0 Å². The van der Waals surface area contributed by atoms with E-state index in [0.29, 0.717) is 0 Å². The van der Waals surface area contributed by atoms with Crippen molar-refractivity contribution in [3.05, 3.63) is 0 Å². The van der Waals surface area contributed by atoms with Gasteiger partial charge in [-0.2, -0.15) is 0 Å². The summed E-state index contributed by atoms with van der Waals surface area (Å²) in [6.45, 7) is 0. The van der Waals surface area contributed by atoms with E-state index in [4.69, 9.17) is 18.2 Å². The second-order valence-electron chi connectivity index (χ2n) is 0.476. The Morgan fingerprint density at radius 3 is 1.57 bits per heavy atom. The van der Waals surface area contributed by atoms with Gasteiger partial charge in [-0.25, -0.2) is 8.42 Å². The van der Waals surface area contributed by atoms with E-state index in [-0.39, 0.29) is 10.1 Å². The van der Waals surface area contributed by atoms with Gasteiger partial charge in [0.25, 0.3) is 0 Å². The van der Waals surface area contributed by atoms with Crippen LogP contribution in [0.4, 0.5) is 0 Å². The standard InChI is InChI=1S/Be.H2O5S/c;1-5-6(2,3)4/h;1H,(H,2,3,4)/q+2;/p-2. The van der Waals surface area contributed by atoms with Gasteiger partial charge in [-0.15, -0.1) is 0 Å². The molecule has 0 fully saturated rings. The molecule has 0 saturated carbocycles. The third-order valence-corrected chi connectivity index (χ3v) is 0.250. The first kappa shape index (κ1) is 10.1. The van der Waals surface area contributed by atoms with Crippen LogP contribution < -0.4 is 5.26 Å². The number of rotatable bonds is 1. The van der Waals surface area contributed by atoms with Crippen molar-refractivity contribution in [3.63, 3.8) is 0 Å². The van der Waals surface area contributed by atoms with E-state index in [1.54, 1.807) is 0 Å². The Kier molecular flexibility index (Phi) is 4.41. The fourth-order valence-corrected chi connectivity index (χ4v) is 0. The molecule has 0 aromatic heterocycles. The molecule has 0 aliphatic heterocycles. The molecule has 0 unspecified atom stereocenters. The Morgan fingerprint density at radius 2 is 1.57 bits per heavy atom. The van der Waals surface area contributed by atoms with E-state index in [1.807, 2.05) is 0 Å². The molecule has 0 rings (SSSR count). The number of hydrogen-bond donors (Lipinski definition) is 0. The molecule has 0 amide bonds. The zero-order valence-corrected chi connectivity index (χ0v) is 3.97. The largest absolute Gasteiger partial charge is 2.00 e. The molecular formula is BeO5S. The predicted molar refractivity (Wildman–Crippen MR) is 16.5 cm³/mol. The zero-order chi connectivity index (χ0) is 5.21. The van der Waals surface area contributed by atoms with Gasteiger partial charge in [0, 0.05) is 0 Å². The van der Waals surface area contributed by atoms with E-state index in [9.17, 15) is 0 Å². The molecule has 0 spiro atoms. The summed E-state index contributed by atoms with van der Waals surface area (Å²) in [4.78, 5) is 0. The van der Waals surface area contributed by atoms with Crippen LogP contribution in [0.5, 0.6) is 0 Å². The van der Waals surface area contributed by atoms with Crippen molar-refractivity contribution in [1.29, 1.82) is 0 Å². The summed E-state index contributed by atoms with van der Waals surface area (Å²) in [6, 6.07) is 0. The molecule has 0 aliphatic rings. The molecule has 0 heterocycles. The SMILES string of the molecule is O=S(=O)([O-])O[O-].[Be+2]. The minimum atomic E-state index is -4.97. The number of hydrogen-bond acceptors (Lipinski definition) is 5. The van der Waals surface area contributed by atoms with Crippen molar-refractivity contribution in [2.75, 3.05) is 0 Å². The van der Waals surface area contributed by atoms with Gasteiger partial charge in [-0.05, 0) is 0 Å². The average molecular weight is 121 g/mol. The summed E-state index contributed by atoms with van der Waals surface area (Å²) in [7, 11) is -4.97. The van der Waals surface area contributed by atoms with Crippen LogP contribution >= 0.6 is 0 Å².